The average molecular weight is 335 g/mol. The molecule has 1 atom stereocenters. The number of anilines is 1. The third-order valence-corrected chi connectivity index (χ3v) is 3.70. The van der Waals surface area contributed by atoms with Gasteiger partial charge in [-0.15, -0.1) is 0 Å². The molecule has 0 aliphatic heterocycles. The molecule has 2 rings (SSSR count). The van der Waals surface area contributed by atoms with Crippen LogP contribution in [0.2, 0.25) is 0 Å². The molecule has 0 spiro atoms. The molecule has 0 saturated heterocycles. The van der Waals surface area contributed by atoms with Gasteiger partial charge in [-0.25, -0.2) is 0 Å². The van der Waals surface area contributed by atoms with Gasteiger partial charge in [0.2, 0.25) is 0 Å². The lowest BCUT2D eigenvalue weighted by molar-refractivity contribution is 0.124. The highest BCUT2D eigenvalue weighted by Gasteiger charge is 2.10. The SMILES string of the molecule is CN(Cc1ccc(Br)cc1)CC(O)c1ccc(N)cc1. The summed E-state index contributed by atoms with van der Waals surface area (Å²) in [6.45, 7) is 1.39. The molecule has 0 aromatic heterocycles. The Morgan fingerprint density at radius 2 is 1.70 bits per heavy atom. The van der Waals surface area contributed by atoms with Crippen LogP contribution in [0.1, 0.15) is 17.2 Å². The van der Waals surface area contributed by atoms with Gasteiger partial charge in [0.15, 0.2) is 0 Å². The number of likely N-dealkylation sites (N-methyl/N-ethyl adjacent to an activating group) is 1. The van der Waals surface area contributed by atoms with Gasteiger partial charge >= 0.3 is 0 Å². The molecule has 3 N–H and O–H groups in total. The van der Waals surface area contributed by atoms with Gasteiger partial charge in [0.25, 0.3) is 0 Å². The quantitative estimate of drug-likeness (QED) is 0.825. The summed E-state index contributed by atoms with van der Waals surface area (Å²) < 4.78 is 1.07. The Balaban J connectivity index is 1.92. The van der Waals surface area contributed by atoms with E-state index >= 15 is 0 Å². The first kappa shape index (κ1) is 15.0. The fourth-order valence-electron chi connectivity index (χ4n) is 2.08. The number of hydrogen-bond acceptors (Lipinski definition) is 3. The number of aliphatic hydroxyl groups is 1. The van der Waals surface area contributed by atoms with E-state index < -0.39 is 6.10 Å². The molecule has 0 radical (unpaired) electrons. The van der Waals surface area contributed by atoms with E-state index in [1.807, 2.05) is 43.4 Å². The minimum atomic E-state index is -0.504. The van der Waals surface area contributed by atoms with Crippen molar-refractivity contribution in [2.45, 2.75) is 12.6 Å². The molecule has 2 aromatic rings. The van der Waals surface area contributed by atoms with Gasteiger partial charge in [-0.3, -0.25) is 4.90 Å². The van der Waals surface area contributed by atoms with Gasteiger partial charge < -0.3 is 10.8 Å². The van der Waals surface area contributed by atoms with E-state index in [0.29, 0.717) is 12.2 Å². The van der Waals surface area contributed by atoms with E-state index in [0.717, 1.165) is 16.6 Å². The fraction of sp³-hybridized carbons (Fsp3) is 0.250. The van der Waals surface area contributed by atoms with E-state index in [-0.39, 0.29) is 0 Å². The van der Waals surface area contributed by atoms with Crippen molar-refractivity contribution >= 4 is 21.6 Å². The maximum absolute atomic E-state index is 10.2. The molecular weight excluding hydrogens is 316 g/mol. The zero-order valence-electron chi connectivity index (χ0n) is 11.5. The van der Waals surface area contributed by atoms with Crippen LogP contribution in [0, 0.1) is 0 Å². The third kappa shape index (κ3) is 4.34. The van der Waals surface area contributed by atoms with Crippen molar-refractivity contribution in [3.63, 3.8) is 0 Å². The highest BCUT2D eigenvalue weighted by Crippen LogP contribution is 2.17. The minimum Gasteiger partial charge on any atom is -0.399 e. The van der Waals surface area contributed by atoms with Crippen molar-refractivity contribution in [2.24, 2.45) is 0 Å². The van der Waals surface area contributed by atoms with Gasteiger partial charge in [0.1, 0.15) is 0 Å². The first-order valence-electron chi connectivity index (χ1n) is 6.51. The molecule has 20 heavy (non-hydrogen) atoms. The van der Waals surface area contributed by atoms with E-state index in [9.17, 15) is 5.11 Å². The van der Waals surface area contributed by atoms with Crippen LogP contribution in [-0.2, 0) is 6.54 Å². The largest absolute Gasteiger partial charge is 0.399 e. The molecule has 0 aliphatic rings. The van der Waals surface area contributed by atoms with Crippen LogP contribution in [0.25, 0.3) is 0 Å². The van der Waals surface area contributed by atoms with Gasteiger partial charge in [-0.1, -0.05) is 40.2 Å². The molecule has 0 saturated carbocycles. The Hall–Kier alpha value is -1.36. The Morgan fingerprint density at radius 3 is 2.30 bits per heavy atom. The standard InChI is InChI=1S/C16H19BrN2O/c1-19(10-12-2-6-14(17)7-3-12)11-16(20)13-4-8-15(18)9-5-13/h2-9,16,20H,10-11,18H2,1H3. The molecule has 1 unspecified atom stereocenters. The van der Waals surface area contributed by atoms with Gasteiger partial charge in [-0.2, -0.15) is 0 Å². The zero-order chi connectivity index (χ0) is 14.5. The third-order valence-electron chi connectivity index (χ3n) is 3.17. The number of nitrogens with zero attached hydrogens (tertiary/aromatic N) is 1. The Kier molecular flexibility index (Phi) is 5.17. The van der Waals surface area contributed by atoms with E-state index in [1.54, 1.807) is 0 Å². The zero-order valence-corrected chi connectivity index (χ0v) is 13.0. The highest BCUT2D eigenvalue weighted by molar-refractivity contribution is 9.10. The molecule has 4 heteroatoms. The number of benzene rings is 2. The van der Waals surface area contributed by atoms with Crippen molar-refractivity contribution in [2.75, 3.05) is 19.3 Å². The molecular formula is C16H19BrN2O. The van der Waals surface area contributed by atoms with Crippen LogP contribution in [0.4, 0.5) is 5.69 Å². The number of nitrogens with two attached hydrogens (primary N) is 1. The van der Waals surface area contributed by atoms with E-state index in [1.165, 1.54) is 5.56 Å². The smallest absolute Gasteiger partial charge is 0.0916 e. The number of rotatable bonds is 5. The van der Waals surface area contributed by atoms with Gasteiger partial charge in [-0.05, 0) is 42.4 Å². The molecule has 0 bridgehead atoms. The summed E-state index contributed by atoms with van der Waals surface area (Å²) in [7, 11) is 2.00. The van der Waals surface area contributed by atoms with Crippen molar-refractivity contribution in [3.8, 4) is 0 Å². The van der Waals surface area contributed by atoms with Gasteiger partial charge in [0.05, 0.1) is 6.10 Å². The van der Waals surface area contributed by atoms with Crippen molar-refractivity contribution in [1.82, 2.24) is 4.90 Å². The first-order valence-corrected chi connectivity index (χ1v) is 7.30. The predicted octanol–water partition coefficient (Wildman–Crippen LogP) is 3.20. The predicted molar refractivity (Wildman–Crippen MR) is 86.3 cm³/mol. The monoisotopic (exact) mass is 334 g/mol. The Bertz CT molecular complexity index is 539. The van der Waals surface area contributed by atoms with Crippen molar-refractivity contribution in [3.05, 3.63) is 64.1 Å². The first-order chi connectivity index (χ1) is 9.54. The second-order valence-corrected chi connectivity index (χ2v) is 5.92. The molecule has 2 aromatic carbocycles. The topological polar surface area (TPSA) is 49.5 Å². The van der Waals surface area contributed by atoms with Crippen LogP contribution in [0.5, 0.6) is 0 Å². The average Bonchev–Trinajstić information content (AvgIpc) is 2.42. The second kappa shape index (κ2) is 6.88. The molecule has 0 heterocycles. The van der Waals surface area contributed by atoms with Crippen LogP contribution in [0.15, 0.2) is 53.0 Å². The summed E-state index contributed by atoms with van der Waals surface area (Å²) in [4.78, 5) is 2.10. The summed E-state index contributed by atoms with van der Waals surface area (Å²) in [5.41, 5.74) is 8.47. The van der Waals surface area contributed by atoms with Gasteiger partial charge in [0, 0.05) is 23.2 Å². The molecule has 0 fully saturated rings. The minimum absolute atomic E-state index is 0.504. The fourth-order valence-corrected chi connectivity index (χ4v) is 2.35. The Labute approximate surface area is 128 Å². The summed E-state index contributed by atoms with van der Waals surface area (Å²) in [5, 5.41) is 10.2. The van der Waals surface area contributed by atoms with E-state index in [4.69, 9.17) is 5.73 Å². The number of aliphatic hydroxyl groups excluding tert-OH is 1. The normalized spacial score (nSPS) is 12.6. The van der Waals surface area contributed by atoms with Crippen LogP contribution in [0.3, 0.4) is 0 Å². The van der Waals surface area contributed by atoms with Crippen LogP contribution >= 0.6 is 15.9 Å². The number of nitrogen functional groups attached to an aromatic ring is 1. The molecule has 0 amide bonds. The Morgan fingerprint density at radius 1 is 1.10 bits per heavy atom. The summed E-state index contributed by atoms with van der Waals surface area (Å²) >= 11 is 3.42. The molecule has 3 nitrogen and oxygen atoms in total. The molecule has 0 aliphatic carbocycles. The van der Waals surface area contributed by atoms with Crippen molar-refractivity contribution in [1.29, 1.82) is 0 Å². The maximum Gasteiger partial charge on any atom is 0.0916 e. The summed E-state index contributed by atoms with van der Waals surface area (Å²) in [6, 6.07) is 15.6. The lowest BCUT2D eigenvalue weighted by Crippen LogP contribution is -2.24. The number of halogens is 1. The van der Waals surface area contributed by atoms with Crippen LogP contribution in [-0.4, -0.2) is 23.6 Å². The lowest BCUT2D eigenvalue weighted by atomic mass is 10.1. The van der Waals surface area contributed by atoms with Crippen LogP contribution < -0.4 is 5.73 Å². The second-order valence-electron chi connectivity index (χ2n) is 5.01. The summed E-state index contributed by atoms with van der Waals surface area (Å²) in [6.07, 6.45) is -0.504. The number of hydrogen-bond donors (Lipinski definition) is 2. The van der Waals surface area contributed by atoms with E-state index in [2.05, 4.69) is 33.0 Å². The molecule has 106 valence electrons. The lowest BCUT2D eigenvalue weighted by Gasteiger charge is -2.21. The maximum atomic E-state index is 10.2. The summed E-state index contributed by atoms with van der Waals surface area (Å²) in [5.74, 6) is 0. The highest BCUT2D eigenvalue weighted by atomic mass is 79.9. The van der Waals surface area contributed by atoms with Crippen molar-refractivity contribution < 1.29 is 5.11 Å².